The van der Waals surface area contributed by atoms with Crippen LogP contribution in [0.1, 0.15) is 43.9 Å². The average molecular weight is 647 g/mol. The molecular weight excluding hydrogens is 607 g/mol. The van der Waals surface area contributed by atoms with Crippen LogP contribution in [0.5, 0.6) is 0 Å². The van der Waals surface area contributed by atoms with Crippen LogP contribution in [0.2, 0.25) is 5.02 Å². The maximum atomic E-state index is 17.2. The van der Waals surface area contributed by atoms with Gasteiger partial charge in [0.1, 0.15) is 11.3 Å². The molecule has 1 amide bonds. The van der Waals surface area contributed by atoms with Crippen molar-refractivity contribution in [2.75, 3.05) is 62.7 Å². The predicted molar refractivity (Wildman–Crippen MR) is 180 cm³/mol. The predicted octanol–water partition coefficient (Wildman–Crippen LogP) is 5.51. The summed E-state index contributed by atoms with van der Waals surface area (Å²) in [6.07, 6.45) is 3.51. The first-order valence-electron chi connectivity index (χ1n) is 16.2. The summed E-state index contributed by atoms with van der Waals surface area (Å²) < 4.78 is 22.7. The van der Waals surface area contributed by atoms with Crippen molar-refractivity contribution in [2.24, 2.45) is 0 Å². The molecule has 1 saturated carbocycles. The molecule has 3 fully saturated rings. The van der Waals surface area contributed by atoms with Gasteiger partial charge in [0.05, 0.1) is 23.8 Å². The number of piperazine rings is 1. The summed E-state index contributed by atoms with van der Waals surface area (Å²) in [5.41, 5.74) is 4.02. The standard InChI is InChI=1S/C34H40ClFN8O2/c1-5-26(45)43-17-21(4)44(18-20(43)3)33-23-16-24(35)28(27-19(2)6-9-25-29(27)31(41-40-25)22-7-8-22)30(36)32(23)38-34(39-33)37-10-11-42-12-14-46-15-13-42/h5-6,9,16,20-22H,1,7-8,10-15,17-18H2,2-4H3,(H,40,41)(H,37,38,39)/t20-,21+/m1/s1. The molecule has 2 aromatic heterocycles. The molecule has 0 spiro atoms. The Balaban J connectivity index is 1.35. The number of benzene rings is 2. The van der Waals surface area contributed by atoms with Gasteiger partial charge in [-0.25, -0.2) is 9.37 Å². The van der Waals surface area contributed by atoms with Gasteiger partial charge in [-0.05, 0) is 57.4 Å². The van der Waals surface area contributed by atoms with Crippen molar-refractivity contribution in [1.82, 2.24) is 30.0 Å². The van der Waals surface area contributed by atoms with E-state index in [1.54, 1.807) is 6.07 Å². The Morgan fingerprint density at radius 1 is 1.17 bits per heavy atom. The Labute approximate surface area is 272 Å². The molecule has 2 N–H and O–H groups in total. The number of rotatable bonds is 8. The number of nitrogens with one attached hydrogen (secondary N) is 2. The maximum absolute atomic E-state index is 17.2. The van der Waals surface area contributed by atoms with Gasteiger partial charge in [0.15, 0.2) is 5.82 Å². The van der Waals surface area contributed by atoms with Gasteiger partial charge in [-0.15, -0.1) is 0 Å². The molecule has 2 saturated heterocycles. The number of ether oxygens (including phenoxy) is 1. The van der Waals surface area contributed by atoms with Crippen LogP contribution >= 0.6 is 11.6 Å². The second-order valence-electron chi connectivity index (χ2n) is 12.8. The highest BCUT2D eigenvalue weighted by Crippen LogP contribution is 2.48. The molecule has 46 heavy (non-hydrogen) atoms. The smallest absolute Gasteiger partial charge is 0.246 e. The van der Waals surface area contributed by atoms with Gasteiger partial charge >= 0.3 is 0 Å². The van der Waals surface area contributed by atoms with Gasteiger partial charge in [-0.2, -0.15) is 10.1 Å². The monoisotopic (exact) mass is 646 g/mol. The highest BCUT2D eigenvalue weighted by atomic mass is 35.5. The molecule has 0 radical (unpaired) electrons. The molecule has 1 aliphatic carbocycles. The highest BCUT2D eigenvalue weighted by Gasteiger charge is 2.35. The number of carbonyl (C=O) groups is 1. The quantitative estimate of drug-likeness (QED) is 0.242. The van der Waals surface area contributed by atoms with E-state index in [0.717, 1.165) is 60.2 Å². The van der Waals surface area contributed by atoms with Gasteiger partial charge in [0.2, 0.25) is 11.9 Å². The van der Waals surface area contributed by atoms with E-state index >= 15 is 4.39 Å². The lowest BCUT2D eigenvalue weighted by atomic mass is 9.93. The van der Waals surface area contributed by atoms with Crippen molar-refractivity contribution in [1.29, 1.82) is 0 Å². The Morgan fingerprint density at radius 3 is 2.70 bits per heavy atom. The topological polar surface area (TPSA) is 103 Å². The molecule has 2 aliphatic heterocycles. The maximum Gasteiger partial charge on any atom is 0.246 e. The molecule has 7 rings (SSSR count). The zero-order valence-electron chi connectivity index (χ0n) is 26.6. The minimum absolute atomic E-state index is 0.0936. The largest absolute Gasteiger partial charge is 0.379 e. The first-order chi connectivity index (χ1) is 22.2. The minimum Gasteiger partial charge on any atom is -0.379 e. The van der Waals surface area contributed by atoms with Gasteiger partial charge < -0.3 is 19.9 Å². The Kier molecular flexibility index (Phi) is 8.33. The lowest BCUT2D eigenvalue weighted by molar-refractivity contribution is -0.128. The average Bonchev–Trinajstić information content (AvgIpc) is 3.81. The summed E-state index contributed by atoms with van der Waals surface area (Å²) >= 11 is 7.06. The fourth-order valence-electron chi connectivity index (χ4n) is 6.93. The van der Waals surface area contributed by atoms with E-state index in [4.69, 9.17) is 26.3 Å². The van der Waals surface area contributed by atoms with Crippen LogP contribution in [0.25, 0.3) is 32.9 Å². The van der Waals surface area contributed by atoms with E-state index < -0.39 is 5.82 Å². The summed E-state index contributed by atoms with van der Waals surface area (Å²) in [6.45, 7) is 15.2. The second kappa shape index (κ2) is 12.4. The Bertz CT molecular complexity index is 1820. The molecule has 4 aromatic rings. The number of H-pyrrole nitrogens is 1. The zero-order valence-corrected chi connectivity index (χ0v) is 27.3. The van der Waals surface area contributed by atoms with E-state index in [0.29, 0.717) is 66.5 Å². The summed E-state index contributed by atoms with van der Waals surface area (Å²) in [6, 6.07) is 5.54. The number of anilines is 2. The van der Waals surface area contributed by atoms with Crippen LogP contribution in [-0.2, 0) is 9.53 Å². The van der Waals surface area contributed by atoms with Crippen molar-refractivity contribution in [2.45, 2.75) is 51.6 Å². The molecule has 0 unspecified atom stereocenters. The van der Waals surface area contributed by atoms with Crippen LogP contribution in [0.3, 0.4) is 0 Å². The third kappa shape index (κ3) is 5.58. The number of carbonyl (C=O) groups excluding carboxylic acids is 1. The Hall–Kier alpha value is -3.80. The van der Waals surface area contributed by atoms with Crippen molar-refractivity contribution >= 4 is 51.1 Å². The number of morpholine rings is 1. The Morgan fingerprint density at radius 2 is 1.96 bits per heavy atom. The number of halogens is 2. The van der Waals surface area contributed by atoms with E-state index in [1.807, 2.05) is 37.8 Å². The minimum atomic E-state index is -0.484. The number of fused-ring (bicyclic) bond motifs is 2. The van der Waals surface area contributed by atoms with Gasteiger partial charge in [0.25, 0.3) is 0 Å². The van der Waals surface area contributed by atoms with Crippen LogP contribution in [0.4, 0.5) is 16.2 Å². The molecule has 2 atom stereocenters. The third-order valence-corrected chi connectivity index (χ3v) is 9.88. The van der Waals surface area contributed by atoms with E-state index in [2.05, 4.69) is 31.9 Å². The van der Waals surface area contributed by atoms with Gasteiger partial charge in [0, 0.05) is 84.9 Å². The molecule has 4 heterocycles. The van der Waals surface area contributed by atoms with Crippen LogP contribution < -0.4 is 10.2 Å². The highest BCUT2D eigenvalue weighted by molar-refractivity contribution is 6.35. The normalized spacial score (nSPS) is 20.9. The molecule has 10 nitrogen and oxygen atoms in total. The molecular formula is C34H40ClFN8O2. The van der Waals surface area contributed by atoms with Crippen molar-refractivity contribution in [3.63, 3.8) is 0 Å². The summed E-state index contributed by atoms with van der Waals surface area (Å²) in [7, 11) is 0. The number of hydrogen-bond acceptors (Lipinski definition) is 8. The fraction of sp³-hybridized carbons (Fsp3) is 0.471. The number of nitrogens with zero attached hydrogens (tertiary/aromatic N) is 6. The van der Waals surface area contributed by atoms with E-state index in [1.165, 1.54) is 6.08 Å². The molecule has 242 valence electrons. The van der Waals surface area contributed by atoms with Crippen molar-refractivity contribution in [3.05, 3.63) is 53.0 Å². The lowest BCUT2D eigenvalue weighted by Crippen LogP contribution is -2.58. The zero-order chi connectivity index (χ0) is 32.1. The number of aryl methyl sites for hydroxylation is 1. The van der Waals surface area contributed by atoms with Gasteiger partial charge in [-0.3, -0.25) is 14.8 Å². The summed E-state index contributed by atoms with van der Waals surface area (Å²) in [4.78, 5) is 28.6. The lowest BCUT2D eigenvalue weighted by Gasteiger charge is -2.44. The number of amides is 1. The second-order valence-corrected chi connectivity index (χ2v) is 13.2. The van der Waals surface area contributed by atoms with Crippen LogP contribution in [0, 0.1) is 12.7 Å². The van der Waals surface area contributed by atoms with Crippen LogP contribution in [-0.4, -0.2) is 100 Å². The first kappa shape index (κ1) is 30.8. The number of hydrogen-bond donors (Lipinski definition) is 2. The molecule has 3 aliphatic rings. The molecule has 12 heteroatoms. The third-order valence-electron chi connectivity index (χ3n) is 9.59. The molecule has 0 bridgehead atoms. The van der Waals surface area contributed by atoms with Crippen molar-refractivity contribution < 1.29 is 13.9 Å². The number of aromatic nitrogens is 4. The fourth-order valence-corrected chi connectivity index (χ4v) is 7.22. The van der Waals surface area contributed by atoms with E-state index in [-0.39, 0.29) is 23.5 Å². The first-order valence-corrected chi connectivity index (χ1v) is 16.5. The number of aromatic amines is 1. The summed E-state index contributed by atoms with van der Waals surface area (Å²) in [5.74, 6) is 0.740. The molecule has 2 aromatic carbocycles. The van der Waals surface area contributed by atoms with Crippen LogP contribution in [0.15, 0.2) is 30.9 Å². The van der Waals surface area contributed by atoms with Crippen molar-refractivity contribution in [3.8, 4) is 11.1 Å². The summed E-state index contributed by atoms with van der Waals surface area (Å²) in [5, 5.41) is 12.9. The van der Waals surface area contributed by atoms with E-state index in [9.17, 15) is 4.79 Å². The van der Waals surface area contributed by atoms with Gasteiger partial charge in [-0.1, -0.05) is 24.2 Å². The SMILES string of the molecule is C=CC(=O)N1C[C@H](C)N(c2nc(NCCN3CCOCC3)nc3c(F)c(-c4c(C)ccc5n[nH]c(C6CC6)c45)c(Cl)cc23)C[C@H]1C.